The third kappa shape index (κ3) is 3.90. The number of para-hydroxylation sites is 1. The molecular formula is C23H25N3O4S. The average Bonchev–Trinajstić information content (AvgIpc) is 3.44. The van der Waals surface area contributed by atoms with Gasteiger partial charge in [-0.2, -0.15) is 5.10 Å². The minimum absolute atomic E-state index is 0.0841. The minimum Gasteiger partial charge on any atom is -0.496 e. The number of methoxy groups -OCH3 is 4. The van der Waals surface area contributed by atoms with Gasteiger partial charge < -0.3 is 18.9 Å². The molecule has 0 radical (unpaired) electrons. The first kappa shape index (κ1) is 21.0. The molecule has 7 nitrogen and oxygen atoms in total. The highest BCUT2D eigenvalue weighted by atomic mass is 32.1. The van der Waals surface area contributed by atoms with Crippen molar-refractivity contribution in [1.82, 2.24) is 4.98 Å². The van der Waals surface area contributed by atoms with Crippen LogP contribution in [0.2, 0.25) is 0 Å². The normalized spacial score (nSPS) is 15.6. The van der Waals surface area contributed by atoms with Gasteiger partial charge in [0, 0.05) is 17.4 Å². The summed E-state index contributed by atoms with van der Waals surface area (Å²) in [6, 6.07) is 11.8. The number of nitrogens with zero attached hydrogens (tertiary/aromatic N) is 3. The van der Waals surface area contributed by atoms with Crippen LogP contribution in [-0.4, -0.2) is 39.1 Å². The molecule has 0 bridgehead atoms. The molecule has 1 aliphatic heterocycles. The van der Waals surface area contributed by atoms with Crippen molar-refractivity contribution in [3.63, 3.8) is 0 Å². The quantitative estimate of drug-likeness (QED) is 0.525. The van der Waals surface area contributed by atoms with E-state index < -0.39 is 0 Å². The van der Waals surface area contributed by atoms with Crippen LogP contribution in [0, 0.1) is 6.92 Å². The van der Waals surface area contributed by atoms with Crippen LogP contribution in [0.3, 0.4) is 0 Å². The molecule has 0 saturated heterocycles. The molecule has 1 atom stereocenters. The molecule has 0 amide bonds. The maximum absolute atomic E-state index is 5.58. The van der Waals surface area contributed by atoms with Crippen molar-refractivity contribution in [3.8, 4) is 23.0 Å². The Hall–Kier alpha value is -3.26. The smallest absolute Gasteiger partial charge is 0.206 e. The summed E-state index contributed by atoms with van der Waals surface area (Å²) < 4.78 is 22.2. The van der Waals surface area contributed by atoms with E-state index in [4.69, 9.17) is 24.0 Å². The first-order valence-electron chi connectivity index (χ1n) is 9.81. The van der Waals surface area contributed by atoms with Crippen LogP contribution >= 0.6 is 11.3 Å². The Labute approximate surface area is 185 Å². The fraction of sp³-hybridized carbons (Fsp3) is 0.304. The second kappa shape index (κ2) is 8.85. The molecule has 4 rings (SSSR count). The van der Waals surface area contributed by atoms with E-state index >= 15 is 0 Å². The molecule has 3 aromatic rings. The van der Waals surface area contributed by atoms with E-state index in [2.05, 4.69) is 4.98 Å². The molecule has 1 aliphatic rings. The monoisotopic (exact) mass is 439 g/mol. The predicted octanol–water partition coefficient (Wildman–Crippen LogP) is 4.84. The largest absolute Gasteiger partial charge is 0.496 e. The maximum atomic E-state index is 5.58. The molecular weight excluding hydrogens is 414 g/mol. The number of hydrogen-bond donors (Lipinski definition) is 0. The lowest BCUT2D eigenvalue weighted by molar-refractivity contribution is 0.323. The number of thiazole rings is 1. The van der Waals surface area contributed by atoms with Crippen molar-refractivity contribution in [2.24, 2.45) is 5.10 Å². The number of aryl methyl sites for hydroxylation is 1. The first-order chi connectivity index (χ1) is 15.1. The average molecular weight is 440 g/mol. The number of benzene rings is 2. The van der Waals surface area contributed by atoms with Gasteiger partial charge in [0.2, 0.25) is 10.9 Å². The summed E-state index contributed by atoms with van der Waals surface area (Å²) in [6.45, 7) is 1.98. The molecule has 1 aromatic heterocycles. The van der Waals surface area contributed by atoms with E-state index in [-0.39, 0.29) is 6.04 Å². The Morgan fingerprint density at radius 1 is 0.935 bits per heavy atom. The molecule has 31 heavy (non-hydrogen) atoms. The van der Waals surface area contributed by atoms with Gasteiger partial charge in [-0.25, -0.2) is 9.99 Å². The van der Waals surface area contributed by atoms with Gasteiger partial charge in [-0.15, -0.1) is 11.3 Å². The molecule has 0 unspecified atom stereocenters. The van der Waals surface area contributed by atoms with E-state index in [1.54, 1.807) is 39.8 Å². The lowest BCUT2D eigenvalue weighted by Crippen LogP contribution is -2.18. The Balaban J connectivity index is 1.82. The summed E-state index contributed by atoms with van der Waals surface area (Å²) in [6.07, 6.45) is 0.678. The molecule has 8 heteroatoms. The van der Waals surface area contributed by atoms with E-state index in [0.717, 1.165) is 33.4 Å². The molecule has 2 heterocycles. The zero-order valence-corrected chi connectivity index (χ0v) is 19.0. The topological polar surface area (TPSA) is 65.4 Å². The van der Waals surface area contributed by atoms with Crippen LogP contribution in [0.1, 0.15) is 29.3 Å². The summed E-state index contributed by atoms with van der Waals surface area (Å²) in [4.78, 5) is 4.68. The van der Waals surface area contributed by atoms with Gasteiger partial charge in [0.05, 0.1) is 45.9 Å². The number of aromatic nitrogens is 1. The summed E-state index contributed by atoms with van der Waals surface area (Å²) in [7, 11) is 6.51. The second-order valence-electron chi connectivity index (χ2n) is 7.04. The predicted molar refractivity (Wildman–Crippen MR) is 122 cm³/mol. The van der Waals surface area contributed by atoms with E-state index in [1.165, 1.54) is 0 Å². The molecule has 2 aromatic carbocycles. The highest BCUT2D eigenvalue weighted by Gasteiger charge is 2.34. The number of hydrazone groups is 1. The van der Waals surface area contributed by atoms with Crippen LogP contribution in [0.4, 0.5) is 5.13 Å². The highest BCUT2D eigenvalue weighted by Crippen LogP contribution is 2.45. The van der Waals surface area contributed by atoms with Crippen LogP contribution in [0.15, 0.2) is 46.9 Å². The minimum atomic E-state index is -0.0841. The van der Waals surface area contributed by atoms with E-state index in [0.29, 0.717) is 23.7 Å². The van der Waals surface area contributed by atoms with Gasteiger partial charge in [-0.05, 0) is 36.8 Å². The number of rotatable bonds is 7. The zero-order valence-electron chi connectivity index (χ0n) is 18.2. The van der Waals surface area contributed by atoms with E-state index in [1.807, 2.05) is 53.7 Å². The third-order valence-corrected chi connectivity index (χ3v) is 6.15. The van der Waals surface area contributed by atoms with E-state index in [9.17, 15) is 0 Å². The van der Waals surface area contributed by atoms with Crippen molar-refractivity contribution < 1.29 is 18.9 Å². The fourth-order valence-corrected chi connectivity index (χ4v) is 4.53. The Morgan fingerprint density at radius 2 is 1.61 bits per heavy atom. The SMILES string of the molecule is COc1ccccc1C1=NN(c2nc(C)cs2)[C@@H](c2cc(OC)c(OC)c(OC)c2)C1. The van der Waals surface area contributed by atoms with Gasteiger partial charge in [0.25, 0.3) is 0 Å². The molecule has 0 N–H and O–H groups in total. The summed E-state index contributed by atoms with van der Waals surface area (Å²) in [5.41, 5.74) is 3.86. The van der Waals surface area contributed by atoms with Gasteiger partial charge in [-0.1, -0.05) is 12.1 Å². The molecule has 0 fully saturated rings. The zero-order chi connectivity index (χ0) is 22.0. The van der Waals surface area contributed by atoms with Crippen molar-refractivity contribution >= 4 is 22.2 Å². The second-order valence-corrected chi connectivity index (χ2v) is 7.88. The lowest BCUT2D eigenvalue weighted by atomic mass is 9.97. The van der Waals surface area contributed by atoms with Crippen LogP contribution < -0.4 is 24.0 Å². The van der Waals surface area contributed by atoms with Crippen LogP contribution in [-0.2, 0) is 0 Å². The lowest BCUT2D eigenvalue weighted by Gasteiger charge is -2.23. The van der Waals surface area contributed by atoms with Gasteiger partial charge in [-0.3, -0.25) is 0 Å². The molecule has 0 aliphatic carbocycles. The van der Waals surface area contributed by atoms with Crippen molar-refractivity contribution in [2.45, 2.75) is 19.4 Å². The number of ether oxygens (including phenoxy) is 4. The van der Waals surface area contributed by atoms with Crippen molar-refractivity contribution in [3.05, 3.63) is 58.6 Å². The molecule has 162 valence electrons. The van der Waals surface area contributed by atoms with Crippen molar-refractivity contribution in [2.75, 3.05) is 33.4 Å². The van der Waals surface area contributed by atoms with Crippen LogP contribution in [0.25, 0.3) is 0 Å². The van der Waals surface area contributed by atoms with Crippen LogP contribution in [0.5, 0.6) is 23.0 Å². The van der Waals surface area contributed by atoms with Crippen molar-refractivity contribution in [1.29, 1.82) is 0 Å². The summed E-state index contributed by atoms with van der Waals surface area (Å²) >= 11 is 1.57. The standard InChI is InChI=1S/C23H25N3O4S/c1-14-13-31-23(24-14)26-18(12-17(25-26)16-8-6-7-9-19(16)27-2)15-10-20(28-3)22(30-5)21(11-15)29-4/h6-11,13,18H,12H2,1-5H3/t18-/m1/s1. The number of hydrogen-bond acceptors (Lipinski definition) is 8. The molecule has 0 saturated carbocycles. The molecule has 0 spiro atoms. The number of anilines is 1. The first-order valence-corrected chi connectivity index (χ1v) is 10.7. The highest BCUT2D eigenvalue weighted by molar-refractivity contribution is 7.13. The fourth-order valence-electron chi connectivity index (χ4n) is 3.73. The Bertz CT molecular complexity index is 1090. The van der Waals surface area contributed by atoms with Gasteiger partial charge >= 0.3 is 0 Å². The summed E-state index contributed by atoms with van der Waals surface area (Å²) in [5.74, 6) is 2.58. The Morgan fingerprint density at radius 3 is 2.19 bits per heavy atom. The third-order valence-electron chi connectivity index (χ3n) is 5.20. The maximum Gasteiger partial charge on any atom is 0.206 e. The van der Waals surface area contributed by atoms with Gasteiger partial charge in [0.1, 0.15) is 5.75 Å². The summed E-state index contributed by atoms with van der Waals surface area (Å²) in [5, 5.41) is 9.80. The van der Waals surface area contributed by atoms with Gasteiger partial charge in [0.15, 0.2) is 11.5 Å². The Kier molecular flexibility index (Phi) is 5.99.